The predicted molar refractivity (Wildman–Crippen MR) is 73.1 cm³/mol. The van der Waals surface area contributed by atoms with Crippen LogP contribution in [0, 0.1) is 0 Å². The van der Waals surface area contributed by atoms with Crippen molar-refractivity contribution in [1.29, 1.82) is 0 Å². The summed E-state index contributed by atoms with van der Waals surface area (Å²) in [5.41, 5.74) is 2.66. The first-order chi connectivity index (χ1) is 9.90. The highest BCUT2D eigenvalue weighted by Crippen LogP contribution is 2.22. The van der Waals surface area contributed by atoms with Crippen LogP contribution in [0.1, 0.15) is 18.9 Å². The average Bonchev–Trinajstić information content (AvgIpc) is 3.16. The van der Waals surface area contributed by atoms with Crippen LogP contribution in [0.4, 0.5) is 0 Å². The zero-order valence-electron chi connectivity index (χ0n) is 11.0. The van der Waals surface area contributed by atoms with Crippen LogP contribution in [0.2, 0.25) is 0 Å². The summed E-state index contributed by atoms with van der Waals surface area (Å²) in [6.45, 7) is 2.12. The molecule has 0 unspecified atom stereocenters. The van der Waals surface area contributed by atoms with Gasteiger partial charge >= 0.3 is 0 Å². The second-order valence-electron chi connectivity index (χ2n) is 5.04. The van der Waals surface area contributed by atoms with Gasteiger partial charge in [0.05, 0.1) is 17.9 Å². The Morgan fingerprint density at radius 1 is 1.20 bits per heavy atom. The minimum atomic E-state index is 0.489. The highest BCUT2D eigenvalue weighted by molar-refractivity contribution is 5.58. The number of piperidine rings is 1. The molecule has 0 amide bonds. The van der Waals surface area contributed by atoms with Gasteiger partial charge in [-0.15, -0.1) is 10.2 Å². The van der Waals surface area contributed by atoms with Crippen LogP contribution in [-0.2, 0) is 0 Å². The van der Waals surface area contributed by atoms with Crippen molar-refractivity contribution in [3.8, 4) is 11.3 Å². The normalized spacial score (nSPS) is 16.8. The maximum Gasteiger partial charge on any atom is 0.177 e. The van der Waals surface area contributed by atoms with Crippen LogP contribution in [-0.4, -0.2) is 42.7 Å². The molecule has 0 aliphatic carbocycles. The first-order valence-corrected chi connectivity index (χ1v) is 6.82. The van der Waals surface area contributed by atoms with Crippen LogP contribution in [0.3, 0.4) is 0 Å². The van der Waals surface area contributed by atoms with Crippen LogP contribution in [0.5, 0.6) is 0 Å². The van der Waals surface area contributed by atoms with Gasteiger partial charge in [-0.25, -0.2) is 0 Å². The van der Waals surface area contributed by atoms with Gasteiger partial charge in [-0.1, -0.05) is 0 Å². The number of nitrogens with one attached hydrogen (secondary N) is 1. The van der Waals surface area contributed by atoms with E-state index in [0.717, 1.165) is 42.8 Å². The molecule has 1 aliphatic rings. The molecule has 4 rings (SSSR count). The van der Waals surface area contributed by atoms with Crippen molar-refractivity contribution in [3.63, 3.8) is 0 Å². The number of hydrogen-bond acceptors (Lipinski definition) is 5. The molecule has 0 bridgehead atoms. The summed E-state index contributed by atoms with van der Waals surface area (Å²) in [5.74, 6) is 0. The van der Waals surface area contributed by atoms with Crippen molar-refractivity contribution in [1.82, 2.24) is 34.9 Å². The summed E-state index contributed by atoms with van der Waals surface area (Å²) < 4.78 is 3.74. The number of nitrogens with zero attached hydrogens (tertiary/aromatic N) is 6. The molecule has 0 aromatic carbocycles. The molecule has 1 aliphatic heterocycles. The van der Waals surface area contributed by atoms with Crippen molar-refractivity contribution in [2.75, 3.05) is 13.1 Å². The van der Waals surface area contributed by atoms with E-state index in [2.05, 4.69) is 36.6 Å². The number of aromatic nitrogens is 6. The van der Waals surface area contributed by atoms with Gasteiger partial charge in [0.15, 0.2) is 5.65 Å². The van der Waals surface area contributed by atoms with E-state index in [1.165, 1.54) is 0 Å². The molecular weight excluding hydrogens is 254 g/mol. The third-order valence-corrected chi connectivity index (χ3v) is 3.74. The highest BCUT2D eigenvalue weighted by Gasteiger charge is 2.16. The van der Waals surface area contributed by atoms with E-state index in [4.69, 9.17) is 0 Å². The lowest BCUT2D eigenvalue weighted by Gasteiger charge is -2.22. The maximum absolute atomic E-state index is 4.49. The average molecular weight is 269 g/mol. The lowest BCUT2D eigenvalue weighted by molar-refractivity contribution is 0.343. The van der Waals surface area contributed by atoms with Gasteiger partial charge in [-0.3, -0.25) is 4.68 Å². The molecule has 7 heteroatoms. The zero-order chi connectivity index (χ0) is 13.4. The first kappa shape index (κ1) is 11.5. The Balaban J connectivity index is 1.66. The van der Waals surface area contributed by atoms with E-state index in [1.54, 1.807) is 10.8 Å². The Bertz CT molecular complexity index is 723. The topological polar surface area (TPSA) is 72.9 Å². The van der Waals surface area contributed by atoms with E-state index < -0.39 is 0 Å². The minimum absolute atomic E-state index is 0.489. The predicted octanol–water partition coefficient (Wildman–Crippen LogP) is 0.912. The number of hydrogen-bond donors (Lipinski definition) is 1. The Morgan fingerprint density at radius 2 is 2.10 bits per heavy atom. The smallest absolute Gasteiger partial charge is 0.177 e. The Labute approximate surface area is 115 Å². The molecule has 3 aromatic heterocycles. The second kappa shape index (κ2) is 4.68. The molecule has 7 nitrogen and oxygen atoms in total. The molecule has 1 N–H and O–H groups in total. The quantitative estimate of drug-likeness (QED) is 0.748. The van der Waals surface area contributed by atoms with Crippen molar-refractivity contribution in [2.24, 2.45) is 0 Å². The molecule has 4 heterocycles. The summed E-state index contributed by atoms with van der Waals surface area (Å²) >= 11 is 0. The van der Waals surface area contributed by atoms with E-state index in [-0.39, 0.29) is 0 Å². The zero-order valence-corrected chi connectivity index (χ0v) is 11.0. The third-order valence-electron chi connectivity index (χ3n) is 3.74. The van der Waals surface area contributed by atoms with E-state index in [0.29, 0.717) is 6.04 Å². The van der Waals surface area contributed by atoms with Gasteiger partial charge in [0, 0.05) is 11.8 Å². The van der Waals surface area contributed by atoms with Gasteiger partial charge in [0.25, 0.3) is 0 Å². The van der Waals surface area contributed by atoms with E-state index >= 15 is 0 Å². The molecule has 0 spiro atoms. The molecule has 1 saturated heterocycles. The van der Waals surface area contributed by atoms with Crippen LogP contribution in [0.15, 0.2) is 30.9 Å². The van der Waals surface area contributed by atoms with Gasteiger partial charge in [-0.2, -0.15) is 14.7 Å². The fraction of sp³-hybridized carbons (Fsp3) is 0.385. The lowest BCUT2D eigenvalue weighted by Crippen LogP contribution is -2.29. The van der Waals surface area contributed by atoms with E-state index in [1.807, 2.05) is 18.3 Å². The molecule has 102 valence electrons. The minimum Gasteiger partial charge on any atom is -0.317 e. The largest absolute Gasteiger partial charge is 0.317 e. The Hall–Kier alpha value is -2.28. The summed E-state index contributed by atoms with van der Waals surface area (Å²) in [5, 5.41) is 20.1. The number of fused-ring (bicyclic) bond motifs is 1. The highest BCUT2D eigenvalue weighted by atomic mass is 15.3. The standard InChI is InChI=1S/C13H15N7/c1-2-13-17-15-9-20(13)18-12(1)10-7-16-19(8-10)11-3-5-14-6-4-11/h1-2,7-9,11,14H,3-6H2. The van der Waals surface area contributed by atoms with Crippen molar-refractivity contribution >= 4 is 5.65 Å². The van der Waals surface area contributed by atoms with Crippen molar-refractivity contribution in [3.05, 3.63) is 30.9 Å². The summed E-state index contributed by atoms with van der Waals surface area (Å²) in [7, 11) is 0. The molecular formula is C13H15N7. The summed E-state index contributed by atoms with van der Waals surface area (Å²) in [6, 6.07) is 4.36. The van der Waals surface area contributed by atoms with Gasteiger partial charge < -0.3 is 5.32 Å². The lowest BCUT2D eigenvalue weighted by atomic mass is 10.1. The fourth-order valence-electron chi connectivity index (χ4n) is 2.62. The molecule has 0 radical (unpaired) electrons. The molecule has 1 fully saturated rings. The van der Waals surface area contributed by atoms with E-state index in [9.17, 15) is 0 Å². The van der Waals surface area contributed by atoms with Crippen LogP contribution < -0.4 is 5.32 Å². The second-order valence-corrected chi connectivity index (χ2v) is 5.04. The first-order valence-electron chi connectivity index (χ1n) is 6.82. The van der Waals surface area contributed by atoms with Crippen molar-refractivity contribution < 1.29 is 0 Å². The summed E-state index contributed by atoms with van der Waals surface area (Å²) in [4.78, 5) is 0. The van der Waals surface area contributed by atoms with Crippen molar-refractivity contribution in [2.45, 2.75) is 18.9 Å². The summed E-state index contributed by atoms with van der Waals surface area (Å²) in [6.07, 6.45) is 7.81. The monoisotopic (exact) mass is 269 g/mol. The van der Waals surface area contributed by atoms with Gasteiger partial charge in [0.1, 0.15) is 6.33 Å². The van der Waals surface area contributed by atoms with Crippen LogP contribution in [0.25, 0.3) is 16.9 Å². The fourth-order valence-corrected chi connectivity index (χ4v) is 2.62. The molecule has 20 heavy (non-hydrogen) atoms. The molecule has 3 aromatic rings. The molecule has 0 atom stereocenters. The van der Waals surface area contributed by atoms with Crippen LogP contribution >= 0.6 is 0 Å². The number of rotatable bonds is 2. The SMILES string of the molecule is c1nn(C2CCNCC2)cc1-c1ccc2nncn2n1. The molecule has 0 saturated carbocycles. The Kier molecular flexibility index (Phi) is 2.70. The van der Waals surface area contributed by atoms with Gasteiger partial charge in [-0.05, 0) is 38.1 Å². The maximum atomic E-state index is 4.49. The van der Waals surface area contributed by atoms with Gasteiger partial charge in [0.2, 0.25) is 0 Å². The third kappa shape index (κ3) is 1.96. The Morgan fingerprint density at radius 3 is 3.00 bits per heavy atom.